The molecule has 0 radical (unpaired) electrons. The van der Waals surface area contributed by atoms with E-state index in [9.17, 15) is 14.9 Å². The van der Waals surface area contributed by atoms with Gasteiger partial charge in [0, 0.05) is 35.8 Å². The zero-order chi connectivity index (χ0) is 16.4. The highest BCUT2D eigenvalue weighted by molar-refractivity contribution is 6.06. The first-order chi connectivity index (χ1) is 11.1. The first-order valence-electron chi connectivity index (χ1n) is 6.92. The van der Waals surface area contributed by atoms with Crippen molar-refractivity contribution in [2.45, 2.75) is 6.54 Å². The fourth-order valence-corrected chi connectivity index (χ4v) is 2.56. The number of nitrogen functional groups attached to an aromatic ring is 1. The summed E-state index contributed by atoms with van der Waals surface area (Å²) in [5.41, 5.74) is 4.48. The third-order valence-electron chi connectivity index (χ3n) is 3.66. The molecular weight excluding hydrogens is 296 g/mol. The summed E-state index contributed by atoms with van der Waals surface area (Å²) in [6, 6.07) is 13.8. The van der Waals surface area contributed by atoms with Gasteiger partial charge in [-0.25, -0.2) is 5.84 Å². The third kappa shape index (κ3) is 2.77. The van der Waals surface area contributed by atoms with Gasteiger partial charge in [0.2, 0.25) is 0 Å². The number of hydrazine groups is 1. The maximum absolute atomic E-state index is 11.9. The number of nitrogens with zero attached hydrogens (tertiary/aromatic N) is 2. The summed E-state index contributed by atoms with van der Waals surface area (Å²) in [5, 5.41) is 11.5. The summed E-state index contributed by atoms with van der Waals surface area (Å²) >= 11 is 0. The average molecular weight is 310 g/mol. The second kappa shape index (κ2) is 5.90. The van der Waals surface area contributed by atoms with E-state index in [1.807, 2.05) is 28.8 Å². The van der Waals surface area contributed by atoms with Crippen LogP contribution in [0.2, 0.25) is 0 Å². The monoisotopic (exact) mass is 310 g/mol. The molecule has 1 aromatic heterocycles. The number of hydrogen-bond donors (Lipinski definition) is 2. The van der Waals surface area contributed by atoms with Crippen LogP contribution in [0.3, 0.4) is 0 Å². The minimum atomic E-state index is -0.432. The number of non-ortho nitro benzene ring substituents is 1. The van der Waals surface area contributed by atoms with Crippen LogP contribution in [0.25, 0.3) is 10.9 Å². The minimum Gasteiger partial charge on any atom is -0.342 e. The molecule has 1 heterocycles. The molecule has 7 heteroatoms. The second-order valence-electron chi connectivity index (χ2n) is 5.08. The Morgan fingerprint density at radius 3 is 2.52 bits per heavy atom. The number of fused-ring (bicyclic) bond motifs is 1. The van der Waals surface area contributed by atoms with Gasteiger partial charge in [0.15, 0.2) is 0 Å². The van der Waals surface area contributed by atoms with Gasteiger partial charge in [-0.05, 0) is 11.6 Å². The molecule has 3 rings (SSSR count). The fourth-order valence-electron chi connectivity index (χ4n) is 2.56. The van der Waals surface area contributed by atoms with E-state index in [1.165, 1.54) is 12.1 Å². The van der Waals surface area contributed by atoms with Gasteiger partial charge in [0.25, 0.3) is 11.6 Å². The molecule has 0 bridgehead atoms. The number of carbonyl (C=O) groups excluding carboxylic acids is 1. The molecule has 0 saturated heterocycles. The van der Waals surface area contributed by atoms with Gasteiger partial charge >= 0.3 is 0 Å². The maximum atomic E-state index is 11.9. The zero-order valence-corrected chi connectivity index (χ0v) is 12.1. The first kappa shape index (κ1) is 14.7. The lowest BCUT2D eigenvalue weighted by Gasteiger charge is -2.05. The molecule has 0 spiro atoms. The summed E-state index contributed by atoms with van der Waals surface area (Å²) in [5.74, 6) is 4.87. The van der Waals surface area contributed by atoms with Crippen molar-refractivity contribution >= 4 is 22.5 Å². The van der Waals surface area contributed by atoms with E-state index in [-0.39, 0.29) is 11.6 Å². The lowest BCUT2D eigenvalue weighted by molar-refractivity contribution is -0.384. The molecule has 23 heavy (non-hydrogen) atoms. The van der Waals surface area contributed by atoms with Crippen LogP contribution in [-0.4, -0.2) is 15.4 Å². The Labute approximate surface area is 131 Å². The second-order valence-corrected chi connectivity index (χ2v) is 5.08. The molecule has 7 nitrogen and oxygen atoms in total. The zero-order valence-electron chi connectivity index (χ0n) is 12.1. The normalized spacial score (nSPS) is 10.7. The number of carbonyl (C=O) groups is 1. The Balaban J connectivity index is 1.99. The Bertz CT molecular complexity index is 884. The van der Waals surface area contributed by atoms with Gasteiger partial charge in [-0.3, -0.25) is 20.3 Å². The topological polar surface area (TPSA) is 103 Å². The van der Waals surface area contributed by atoms with Gasteiger partial charge in [-0.15, -0.1) is 0 Å². The third-order valence-corrected chi connectivity index (χ3v) is 3.66. The summed E-state index contributed by atoms with van der Waals surface area (Å²) in [4.78, 5) is 22.2. The highest BCUT2D eigenvalue weighted by atomic mass is 16.6. The molecule has 1 amide bonds. The van der Waals surface area contributed by atoms with Crippen LogP contribution in [0.4, 0.5) is 5.69 Å². The maximum Gasteiger partial charge on any atom is 0.269 e. The quantitative estimate of drug-likeness (QED) is 0.333. The standard InChI is InChI=1S/C16H14N4O3/c17-18-16(21)14-10-19(15-4-2-1-3-13(14)15)9-11-5-7-12(8-6-11)20(22)23/h1-8,10H,9,17H2,(H,18,21). The molecule has 3 N–H and O–H groups in total. The predicted octanol–water partition coefficient (Wildman–Crippen LogP) is 2.20. The molecule has 0 aliphatic heterocycles. The largest absolute Gasteiger partial charge is 0.342 e. The van der Waals surface area contributed by atoms with Crippen LogP contribution in [-0.2, 0) is 6.54 Å². The van der Waals surface area contributed by atoms with Crippen LogP contribution in [0.15, 0.2) is 54.7 Å². The van der Waals surface area contributed by atoms with E-state index in [0.717, 1.165) is 16.5 Å². The number of para-hydroxylation sites is 1. The number of rotatable bonds is 4. The van der Waals surface area contributed by atoms with Gasteiger partial charge < -0.3 is 4.57 Å². The van der Waals surface area contributed by atoms with E-state index in [0.29, 0.717) is 12.1 Å². The molecule has 0 saturated carbocycles. The van der Waals surface area contributed by atoms with E-state index in [2.05, 4.69) is 5.43 Å². The van der Waals surface area contributed by atoms with E-state index in [4.69, 9.17) is 5.84 Å². The fraction of sp³-hybridized carbons (Fsp3) is 0.0625. The number of nitro benzene ring substituents is 1. The Morgan fingerprint density at radius 2 is 1.87 bits per heavy atom. The van der Waals surface area contributed by atoms with E-state index >= 15 is 0 Å². The SMILES string of the molecule is NNC(=O)c1cn(Cc2ccc([N+](=O)[O-])cc2)c2ccccc12. The number of nitro groups is 1. The van der Waals surface area contributed by atoms with Crippen LogP contribution in [0.5, 0.6) is 0 Å². The number of amides is 1. The van der Waals surface area contributed by atoms with Crippen molar-refractivity contribution in [2.75, 3.05) is 0 Å². The van der Waals surface area contributed by atoms with Crippen LogP contribution in [0, 0.1) is 10.1 Å². The first-order valence-corrected chi connectivity index (χ1v) is 6.92. The number of hydrogen-bond acceptors (Lipinski definition) is 4. The van der Waals surface area contributed by atoms with Crippen molar-refractivity contribution in [3.05, 3.63) is 76.0 Å². The van der Waals surface area contributed by atoms with Gasteiger partial charge in [0.05, 0.1) is 10.5 Å². The molecule has 0 fully saturated rings. The summed E-state index contributed by atoms with van der Waals surface area (Å²) in [6.07, 6.45) is 1.73. The molecular formula is C16H14N4O3. The van der Waals surface area contributed by atoms with Gasteiger partial charge in [-0.1, -0.05) is 30.3 Å². The van der Waals surface area contributed by atoms with Crippen molar-refractivity contribution in [3.63, 3.8) is 0 Å². The van der Waals surface area contributed by atoms with Crippen molar-refractivity contribution in [1.82, 2.24) is 9.99 Å². The average Bonchev–Trinajstić information content (AvgIpc) is 2.93. The molecule has 0 atom stereocenters. The smallest absolute Gasteiger partial charge is 0.269 e. The van der Waals surface area contributed by atoms with Crippen LogP contribution < -0.4 is 11.3 Å². The Morgan fingerprint density at radius 1 is 1.17 bits per heavy atom. The highest BCUT2D eigenvalue weighted by Crippen LogP contribution is 2.23. The summed E-state index contributed by atoms with van der Waals surface area (Å²) < 4.78 is 1.92. The van der Waals surface area contributed by atoms with Crippen LogP contribution in [0.1, 0.15) is 15.9 Å². The van der Waals surface area contributed by atoms with E-state index < -0.39 is 4.92 Å². The molecule has 0 aliphatic rings. The van der Waals surface area contributed by atoms with Crippen molar-refractivity contribution in [1.29, 1.82) is 0 Å². The van der Waals surface area contributed by atoms with Gasteiger partial charge in [-0.2, -0.15) is 0 Å². The molecule has 0 aliphatic carbocycles. The summed E-state index contributed by atoms with van der Waals surface area (Å²) in [7, 11) is 0. The van der Waals surface area contributed by atoms with Crippen molar-refractivity contribution < 1.29 is 9.72 Å². The van der Waals surface area contributed by atoms with Crippen molar-refractivity contribution in [2.24, 2.45) is 5.84 Å². The van der Waals surface area contributed by atoms with Crippen molar-refractivity contribution in [3.8, 4) is 0 Å². The predicted molar refractivity (Wildman–Crippen MR) is 85.8 cm³/mol. The molecule has 3 aromatic rings. The van der Waals surface area contributed by atoms with Gasteiger partial charge in [0.1, 0.15) is 0 Å². The minimum absolute atomic E-state index is 0.0503. The Kier molecular flexibility index (Phi) is 3.78. The lowest BCUT2D eigenvalue weighted by Crippen LogP contribution is -2.29. The number of benzene rings is 2. The highest BCUT2D eigenvalue weighted by Gasteiger charge is 2.14. The lowest BCUT2D eigenvalue weighted by atomic mass is 10.1. The number of nitrogens with one attached hydrogen (secondary N) is 1. The number of aromatic nitrogens is 1. The Hall–Kier alpha value is -3.19. The molecule has 2 aromatic carbocycles. The van der Waals surface area contributed by atoms with Crippen LogP contribution >= 0.6 is 0 Å². The molecule has 0 unspecified atom stereocenters. The van der Waals surface area contributed by atoms with E-state index in [1.54, 1.807) is 18.3 Å². The number of nitrogens with two attached hydrogens (primary N) is 1. The molecule has 116 valence electrons. The summed E-state index contributed by atoms with van der Waals surface area (Å²) in [6.45, 7) is 0.496.